The predicted octanol–water partition coefficient (Wildman–Crippen LogP) is 2.01. The highest BCUT2D eigenvalue weighted by Crippen LogP contribution is 2.23. The number of aryl methyl sites for hydroxylation is 2. The highest BCUT2D eigenvalue weighted by Gasteiger charge is 2.12. The van der Waals surface area contributed by atoms with Crippen LogP contribution in [0.1, 0.15) is 17.7 Å². The van der Waals surface area contributed by atoms with E-state index in [0.717, 1.165) is 11.3 Å². The first kappa shape index (κ1) is 18.5. The van der Waals surface area contributed by atoms with Crippen LogP contribution in [0, 0.1) is 0 Å². The Morgan fingerprint density at radius 3 is 2.59 bits per heavy atom. The van der Waals surface area contributed by atoms with Gasteiger partial charge in [-0.3, -0.25) is 14.8 Å². The summed E-state index contributed by atoms with van der Waals surface area (Å²) in [6.07, 6.45) is 1.59. The topological polar surface area (TPSA) is 131 Å². The Hall–Kier alpha value is -3.88. The van der Waals surface area contributed by atoms with Gasteiger partial charge in [-0.25, -0.2) is 9.59 Å². The van der Waals surface area contributed by atoms with Gasteiger partial charge in [-0.1, -0.05) is 5.16 Å². The van der Waals surface area contributed by atoms with Gasteiger partial charge in [0.25, 0.3) is 5.56 Å². The van der Waals surface area contributed by atoms with E-state index in [9.17, 15) is 14.4 Å². The summed E-state index contributed by atoms with van der Waals surface area (Å²) < 4.78 is 15.5. The Labute approximate surface area is 162 Å². The second kappa shape index (κ2) is 7.63. The van der Waals surface area contributed by atoms with Gasteiger partial charge in [0.05, 0.1) is 7.11 Å². The number of rotatable bonds is 6. The summed E-state index contributed by atoms with van der Waals surface area (Å²) in [7, 11) is 1.61. The van der Waals surface area contributed by atoms with Gasteiger partial charge < -0.3 is 13.7 Å². The lowest BCUT2D eigenvalue weighted by Crippen LogP contribution is -2.24. The van der Waals surface area contributed by atoms with Crippen LogP contribution in [0.15, 0.2) is 59.7 Å². The molecule has 148 valence electrons. The minimum Gasteiger partial charge on any atom is -0.497 e. The Bertz CT molecular complexity index is 1320. The average molecular weight is 395 g/mol. The summed E-state index contributed by atoms with van der Waals surface area (Å²) >= 11 is 0. The third kappa shape index (κ3) is 3.88. The molecule has 0 radical (unpaired) electrons. The highest BCUT2D eigenvalue weighted by molar-refractivity contribution is 5.75. The van der Waals surface area contributed by atoms with Gasteiger partial charge in [-0.05, 0) is 42.7 Å². The number of methoxy groups -OCH3 is 1. The molecule has 4 rings (SSSR count). The van der Waals surface area contributed by atoms with E-state index in [2.05, 4.69) is 15.1 Å². The second-order valence-corrected chi connectivity index (χ2v) is 6.46. The Balaban J connectivity index is 1.50. The van der Waals surface area contributed by atoms with Gasteiger partial charge in [0, 0.05) is 24.1 Å². The Kier molecular flexibility index (Phi) is 4.86. The molecule has 29 heavy (non-hydrogen) atoms. The van der Waals surface area contributed by atoms with Crippen LogP contribution in [-0.2, 0) is 12.8 Å². The van der Waals surface area contributed by atoms with E-state index in [1.54, 1.807) is 7.11 Å². The standard InChI is InChI=1S/C20H17N3O6/c1-27-13-7-5-11(6-8-13)15-10-14(29-23-15)4-2-3-12-9-16(24)28-19-17(12)18(25)21-20(26)22-19/h5-10H,2-4H2,1H3,(H2,21,22,25,26). The SMILES string of the molecule is COc1ccc(-c2cc(CCCc3cc(=O)oc4[nH]c(=O)[nH]c(=O)c34)on2)cc1. The fraction of sp³-hybridized carbons (Fsp3) is 0.200. The largest absolute Gasteiger partial charge is 0.497 e. The maximum atomic E-state index is 12.1. The molecule has 0 amide bonds. The summed E-state index contributed by atoms with van der Waals surface area (Å²) in [6.45, 7) is 0. The molecule has 9 nitrogen and oxygen atoms in total. The molecule has 3 aromatic heterocycles. The number of hydrogen-bond acceptors (Lipinski definition) is 7. The molecule has 4 aromatic rings. The zero-order valence-corrected chi connectivity index (χ0v) is 15.5. The zero-order valence-electron chi connectivity index (χ0n) is 15.5. The average Bonchev–Trinajstić information content (AvgIpc) is 3.16. The number of aromatic amines is 2. The maximum absolute atomic E-state index is 12.1. The molecule has 1 aromatic carbocycles. The van der Waals surface area contributed by atoms with Gasteiger partial charge in [0.15, 0.2) is 0 Å². The van der Waals surface area contributed by atoms with Crippen molar-refractivity contribution in [2.24, 2.45) is 0 Å². The van der Waals surface area contributed by atoms with Gasteiger partial charge in [0.1, 0.15) is 22.6 Å². The van der Waals surface area contributed by atoms with Gasteiger partial charge in [-0.2, -0.15) is 0 Å². The van der Waals surface area contributed by atoms with Crippen LogP contribution in [0.4, 0.5) is 0 Å². The molecule has 0 spiro atoms. The Morgan fingerprint density at radius 2 is 1.83 bits per heavy atom. The van der Waals surface area contributed by atoms with Crippen molar-refractivity contribution in [3.05, 3.63) is 79.0 Å². The van der Waals surface area contributed by atoms with Crippen LogP contribution in [0.3, 0.4) is 0 Å². The van der Waals surface area contributed by atoms with E-state index in [0.29, 0.717) is 36.3 Å². The minimum absolute atomic E-state index is 0.122. The molecule has 0 unspecified atom stereocenters. The van der Waals surface area contributed by atoms with Crippen molar-refractivity contribution < 1.29 is 13.7 Å². The number of nitrogens with zero attached hydrogens (tertiary/aromatic N) is 1. The molecule has 0 aliphatic heterocycles. The molecule has 0 fully saturated rings. The lowest BCUT2D eigenvalue weighted by molar-refractivity contribution is 0.382. The monoisotopic (exact) mass is 395 g/mol. The van der Waals surface area contributed by atoms with Crippen molar-refractivity contribution in [3.8, 4) is 17.0 Å². The number of fused-ring (bicyclic) bond motifs is 1. The van der Waals surface area contributed by atoms with Crippen molar-refractivity contribution in [3.63, 3.8) is 0 Å². The maximum Gasteiger partial charge on any atom is 0.337 e. The first-order valence-corrected chi connectivity index (χ1v) is 8.93. The lowest BCUT2D eigenvalue weighted by Gasteiger charge is -2.03. The Morgan fingerprint density at radius 1 is 1.03 bits per heavy atom. The fourth-order valence-electron chi connectivity index (χ4n) is 3.16. The van der Waals surface area contributed by atoms with Crippen LogP contribution < -0.4 is 21.6 Å². The zero-order chi connectivity index (χ0) is 20.4. The van der Waals surface area contributed by atoms with Gasteiger partial charge in [0.2, 0.25) is 5.71 Å². The summed E-state index contributed by atoms with van der Waals surface area (Å²) in [6, 6.07) is 10.6. The van der Waals surface area contributed by atoms with E-state index < -0.39 is 16.9 Å². The molecule has 0 aliphatic carbocycles. The highest BCUT2D eigenvalue weighted by atomic mass is 16.5. The molecule has 3 heterocycles. The van der Waals surface area contributed by atoms with E-state index >= 15 is 0 Å². The summed E-state index contributed by atoms with van der Waals surface area (Å²) in [5.74, 6) is 1.44. The van der Waals surface area contributed by atoms with E-state index in [-0.39, 0.29) is 11.1 Å². The first-order chi connectivity index (χ1) is 14.0. The minimum atomic E-state index is -0.726. The molecular weight excluding hydrogens is 378 g/mol. The van der Waals surface area contributed by atoms with Crippen LogP contribution in [0.2, 0.25) is 0 Å². The number of nitrogens with one attached hydrogen (secondary N) is 2. The number of benzene rings is 1. The summed E-state index contributed by atoms with van der Waals surface area (Å²) in [5, 5.41) is 4.25. The van der Waals surface area contributed by atoms with Crippen LogP contribution in [0.25, 0.3) is 22.4 Å². The van der Waals surface area contributed by atoms with Crippen molar-refractivity contribution in [1.29, 1.82) is 0 Å². The number of H-pyrrole nitrogens is 2. The van der Waals surface area contributed by atoms with Crippen molar-refractivity contribution in [2.75, 3.05) is 7.11 Å². The van der Waals surface area contributed by atoms with Crippen molar-refractivity contribution in [1.82, 2.24) is 15.1 Å². The number of ether oxygens (including phenoxy) is 1. The van der Waals surface area contributed by atoms with E-state index in [1.807, 2.05) is 30.3 Å². The van der Waals surface area contributed by atoms with E-state index in [4.69, 9.17) is 13.7 Å². The fourth-order valence-corrected chi connectivity index (χ4v) is 3.16. The van der Waals surface area contributed by atoms with E-state index in [1.165, 1.54) is 6.07 Å². The summed E-state index contributed by atoms with van der Waals surface area (Å²) in [4.78, 5) is 39.7. The molecular formula is C20H17N3O6. The molecule has 0 saturated carbocycles. The molecule has 9 heteroatoms. The molecule has 0 atom stereocenters. The van der Waals surface area contributed by atoms with Crippen molar-refractivity contribution >= 4 is 11.1 Å². The smallest absolute Gasteiger partial charge is 0.337 e. The quantitative estimate of drug-likeness (QED) is 0.510. The summed E-state index contributed by atoms with van der Waals surface area (Å²) in [5.41, 5.74) is 0.0477. The second-order valence-electron chi connectivity index (χ2n) is 6.46. The van der Waals surface area contributed by atoms with Crippen LogP contribution >= 0.6 is 0 Å². The van der Waals surface area contributed by atoms with Gasteiger partial charge >= 0.3 is 11.3 Å². The number of hydrogen-bond donors (Lipinski definition) is 2. The van der Waals surface area contributed by atoms with Gasteiger partial charge in [-0.15, -0.1) is 0 Å². The molecule has 0 bridgehead atoms. The lowest BCUT2D eigenvalue weighted by atomic mass is 10.1. The van der Waals surface area contributed by atoms with Crippen LogP contribution in [-0.4, -0.2) is 22.2 Å². The first-order valence-electron chi connectivity index (χ1n) is 8.93. The molecule has 0 aliphatic rings. The van der Waals surface area contributed by atoms with Crippen molar-refractivity contribution in [2.45, 2.75) is 19.3 Å². The van der Waals surface area contributed by atoms with Crippen LogP contribution in [0.5, 0.6) is 5.75 Å². The third-order valence-electron chi connectivity index (χ3n) is 4.54. The normalized spacial score (nSPS) is 11.1. The predicted molar refractivity (Wildman–Crippen MR) is 104 cm³/mol. The number of aromatic nitrogens is 3. The third-order valence-corrected chi connectivity index (χ3v) is 4.54. The molecule has 0 saturated heterocycles. The molecule has 2 N–H and O–H groups in total.